The molecule has 1 atom stereocenters. The molecule has 100 valence electrons. The van der Waals surface area contributed by atoms with E-state index in [4.69, 9.17) is 10.5 Å². The predicted molar refractivity (Wildman–Crippen MR) is 73.7 cm³/mol. The molecule has 0 aliphatic heterocycles. The number of H-pyrrole nitrogens is 1. The maximum absolute atomic E-state index is 11.8. The lowest BCUT2D eigenvalue weighted by Gasteiger charge is -2.10. The second-order valence-electron chi connectivity index (χ2n) is 5.24. The van der Waals surface area contributed by atoms with Crippen LogP contribution in [0.4, 0.5) is 0 Å². The fourth-order valence-electron chi connectivity index (χ4n) is 2.21. The second kappa shape index (κ2) is 5.05. The molecule has 1 aliphatic carbocycles. The van der Waals surface area contributed by atoms with E-state index in [0.717, 1.165) is 16.5 Å². The standard InChI is InChI=1S/C15H18N2O2/c16-13(15(18)19-9-10-5-6-10)7-11-8-17-14-4-2-1-3-12(11)14/h1-4,8,10,13,17H,5-7,9,16H2. The fraction of sp³-hybridized carbons (Fsp3) is 0.400. The van der Waals surface area contributed by atoms with Crippen molar-refractivity contribution in [3.8, 4) is 0 Å². The highest BCUT2D eigenvalue weighted by Crippen LogP contribution is 2.29. The van der Waals surface area contributed by atoms with Crippen LogP contribution in [0.25, 0.3) is 10.9 Å². The number of fused-ring (bicyclic) bond motifs is 1. The zero-order valence-electron chi connectivity index (χ0n) is 10.8. The van der Waals surface area contributed by atoms with E-state index in [9.17, 15) is 4.79 Å². The Morgan fingerprint density at radius 2 is 2.21 bits per heavy atom. The van der Waals surface area contributed by atoms with Gasteiger partial charge in [-0.2, -0.15) is 0 Å². The number of para-hydroxylation sites is 1. The lowest BCUT2D eigenvalue weighted by molar-refractivity contribution is -0.145. The summed E-state index contributed by atoms with van der Waals surface area (Å²) in [5.74, 6) is 0.279. The van der Waals surface area contributed by atoms with E-state index < -0.39 is 6.04 Å². The maximum atomic E-state index is 11.8. The van der Waals surface area contributed by atoms with Crippen LogP contribution in [0.2, 0.25) is 0 Å². The molecule has 1 saturated carbocycles. The van der Waals surface area contributed by atoms with Crippen LogP contribution in [0.15, 0.2) is 30.5 Å². The van der Waals surface area contributed by atoms with Crippen LogP contribution in [0.5, 0.6) is 0 Å². The first-order chi connectivity index (χ1) is 9.24. The van der Waals surface area contributed by atoms with Crippen molar-refractivity contribution in [1.82, 2.24) is 4.98 Å². The Kier molecular flexibility index (Phi) is 3.25. The molecule has 0 spiro atoms. The molecule has 0 bridgehead atoms. The molecule has 1 fully saturated rings. The minimum Gasteiger partial charge on any atom is -0.464 e. The van der Waals surface area contributed by atoms with Crippen molar-refractivity contribution < 1.29 is 9.53 Å². The Bertz CT molecular complexity index is 587. The van der Waals surface area contributed by atoms with Gasteiger partial charge in [-0.1, -0.05) is 18.2 Å². The summed E-state index contributed by atoms with van der Waals surface area (Å²) in [5.41, 5.74) is 8.04. The number of benzene rings is 1. The molecule has 1 aromatic carbocycles. The van der Waals surface area contributed by atoms with Gasteiger partial charge in [-0.3, -0.25) is 4.79 Å². The van der Waals surface area contributed by atoms with Crippen molar-refractivity contribution >= 4 is 16.9 Å². The van der Waals surface area contributed by atoms with E-state index in [1.54, 1.807) is 0 Å². The zero-order valence-corrected chi connectivity index (χ0v) is 10.8. The Morgan fingerprint density at radius 3 is 3.00 bits per heavy atom. The van der Waals surface area contributed by atoms with Gasteiger partial charge in [0.05, 0.1) is 6.61 Å². The third-order valence-corrected chi connectivity index (χ3v) is 3.58. The number of aromatic nitrogens is 1. The minimum absolute atomic E-state index is 0.294. The Labute approximate surface area is 111 Å². The van der Waals surface area contributed by atoms with Crippen LogP contribution in [0.1, 0.15) is 18.4 Å². The Balaban J connectivity index is 1.64. The van der Waals surface area contributed by atoms with E-state index in [1.165, 1.54) is 12.8 Å². The van der Waals surface area contributed by atoms with Gasteiger partial charge >= 0.3 is 5.97 Å². The second-order valence-corrected chi connectivity index (χ2v) is 5.24. The van der Waals surface area contributed by atoms with E-state index in [0.29, 0.717) is 18.9 Å². The number of nitrogens with two attached hydrogens (primary N) is 1. The van der Waals surface area contributed by atoms with E-state index in [1.807, 2.05) is 30.5 Å². The van der Waals surface area contributed by atoms with Gasteiger partial charge in [-0.05, 0) is 30.4 Å². The van der Waals surface area contributed by atoms with Crippen LogP contribution in [-0.2, 0) is 16.0 Å². The molecular weight excluding hydrogens is 240 g/mol. The number of aromatic amines is 1. The van der Waals surface area contributed by atoms with Crippen molar-refractivity contribution in [3.63, 3.8) is 0 Å². The van der Waals surface area contributed by atoms with Crippen molar-refractivity contribution in [3.05, 3.63) is 36.0 Å². The zero-order chi connectivity index (χ0) is 13.2. The summed E-state index contributed by atoms with van der Waals surface area (Å²) in [6.45, 7) is 0.528. The normalized spacial score (nSPS) is 16.5. The first-order valence-electron chi connectivity index (χ1n) is 6.71. The summed E-state index contributed by atoms with van der Waals surface area (Å²) in [5, 5.41) is 1.12. The molecule has 3 N–H and O–H groups in total. The molecule has 1 aromatic heterocycles. The van der Waals surface area contributed by atoms with Crippen molar-refractivity contribution in [2.75, 3.05) is 6.61 Å². The lowest BCUT2D eigenvalue weighted by Crippen LogP contribution is -2.34. The van der Waals surface area contributed by atoms with Crippen molar-refractivity contribution in [1.29, 1.82) is 0 Å². The average molecular weight is 258 g/mol. The van der Waals surface area contributed by atoms with Gasteiger partial charge in [0.2, 0.25) is 0 Å². The topological polar surface area (TPSA) is 68.1 Å². The number of esters is 1. The molecule has 19 heavy (non-hydrogen) atoms. The molecule has 4 nitrogen and oxygen atoms in total. The summed E-state index contributed by atoms with van der Waals surface area (Å²) < 4.78 is 5.21. The molecule has 2 aromatic rings. The molecule has 0 radical (unpaired) electrons. The predicted octanol–water partition coefficient (Wildman–Crippen LogP) is 1.99. The molecule has 0 amide bonds. The van der Waals surface area contributed by atoms with E-state index >= 15 is 0 Å². The highest BCUT2D eigenvalue weighted by atomic mass is 16.5. The van der Waals surface area contributed by atoms with Crippen LogP contribution in [0.3, 0.4) is 0 Å². The van der Waals surface area contributed by atoms with Gasteiger partial charge < -0.3 is 15.5 Å². The van der Waals surface area contributed by atoms with Gasteiger partial charge in [-0.25, -0.2) is 0 Å². The summed E-state index contributed by atoms with van der Waals surface area (Å²) >= 11 is 0. The van der Waals surface area contributed by atoms with Crippen LogP contribution < -0.4 is 5.73 Å². The fourth-order valence-corrected chi connectivity index (χ4v) is 2.21. The van der Waals surface area contributed by atoms with Crippen molar-refractivity contribution in [2.45, 2.75) is 25.3 Å². The molecule has 1 heterocycles. The van der Waals surface area contributed by atoms with Gasteiger partial charge in [0.25, 0.3) is 0 Å². The summed E-state index contributed by atoms with van der Waals surface area (Å²) in [7, 11) is 0. The summed E-state index contributed by atoms with van der Waals surface area (Å²) in [4.78, 5) is 15.0. The molecule has 1 aliphatic rings. The monoisotopic (exact) mass is 258 g/mol. The van der Waals surface area contributed by atoms with Crippen LogP contribution in [-0.4, -0.2) is 23.6 Å². The average Bonchev–Trinajstić information content (AvgIpc) is 3.18. The number of carbonyl (C=O) groups excluding carboxylic acids is 1. The maximum Gasteiger partial charge on any atom is 0.323 e. The Hall–Kier alpha value is -1.81. The highest BCUT2D eigenvalue weighted by molar-refractivity contribution is 5.84. The Morgan fingerprint density at radius 1 is 1.42 bits per heavy atom. The molecule has 4 heteroatoms. The van der Waals surface area contributed by atoms with E-state index in [2.05, 4.69) is 4.98 Å². The van der Waals surface area contributed by atoms with Crippen molar-refractivity contribution in [2.24, 2.45) is 11.7 Å². The number of hydrogen-bond donors (Lipinski definition) is 2. The molecule has 1 unspecified atom stereocenters. The minimum atomic E-state index is -0.585. The third kappa shape index (κ3) is 2.79. The number of hydrogen-bond acceptors (Lipinski definition) is 3. The smallest absolute Gasteiger partial charge is 0.323 e. The number of ether oxygens (including phenoxy) is 1. The van der Waals surface area contributed by atoms with E-state index in [-0.39, 0.29) is 5.97 Å². The molecule has 0 saturated heterocycles. The van der Waals surface area contributed by atoms with Gasteiger partial charge in [-0.15, -0.1) is 0 Å². The van der Waals surface area contributed by atoms with Gasteiger partial charge in [0.1, 0.15) is 6.04 Å². The summed E-state index contributed by atoms with van der Waals surface area (Å²) in [6.07, 6.45) is 4.77. The summed E-state index contributed by atoms with van der Waals surface area (Å²) in [6, 6.07) is 7.42. The number of carbonyl (C=O) groups is 1. The van der Waals surface area contributed by atoms with Crippen LogP contribution >= 0.6 is 0 Å². The number of rotatable bonds is 5. The quantitative estimate of drug-likeness (QED) is 0.806. The first kappa shape index (κ1) is 12.2. The van der Waals surface area contributed by atoms with Gasteiger partial charge in [0, 0.05) is 23.5 Å². The SMILES string of the molecule is NC(Cc1c[nH]c2ccccc12)C(=O)OCC1CC1. The first-order valence-corrected chi connectivity index (χ1v) is 6.71. The lowest BCUT2D eigenvalue weighted by atomic mass is 10.1. The highest BCUT2D eigenvalue weighted by Gasteiger charge is 2.25. The number of nitrogens with one attached hydrogen (secondary N) is 1. The van der Waals surface area contributed by atoms with Gasteiger partial charge in [0.15, 0.2) is 0 Å². The van der Waals surface area contributed by atoms with Crippen LogP contribution in [0, 0.1) is 5.92 Å². The third-order valence-electron chi connectivity index (χ3n) is 3.58. The largest absolute Gasteiger partial charge is 0.464 e. The molecule has 3 rings (SSSR count). The molecular formula is C15H18N2O2.